The van der Waals surface area contributed by atoms with E-state index in [1.165, 1.54) is 6.07 Å². The zero-order valence-electron chi connectivity index (χ0n) is 5.43. The van der Waals surface area contributed by atoms with Crippen LogP contribution in [0.5, 0.6) is 0 Å². The third-order valence-corrected chi connectivity index (χ3v) is 1.11. The van der Waals surface area contributed by atoms with E-state index in [2.05, 4.69) is 4.98 Å². The van der Waals surface area contributed by atoms with E-state index in [0.29, 0.717) is 5.69 Å². The number of hydrogen-bond acceptors (Lipinski definition) is 2. The van der Waals surface area contributed by atoms with Gasteiger partial charge in [0.25, 0.3) is 0 Å². The van der Waals surface area contributed by atoms with Crippen molar-refractivity contribution >= 4 is 0 Å². The van der Waals surface area contributed by atoms with Crippen molar-refractivity contribution in [3.8, 4) is 6.07 Å². The highest BCUT2D eigenvalue weighted by molar-refractivity contribution is 5.29. The summed E-state index contributed by atoms with van der Waals surface area (Å²) in [6.07, 6.45) is 1.05. The molecule has 0 aliphatic rings. The standard InChI is InChI=1S/C7H5FN2/c1-5-2-6(3-9)7(8)4-10-5/h2,4H,1H3. The van der Waals surface area contributed by atoms with Crippen LogP contribution >= 0.6 is 0 Å². The van der Waals surface area contributed by atoms with E-state index in [9.17, 15) is 4.39 Å². The van der Waals surface area contributed by atoms with Gasteiger partial charge in [-0.05, 0) is 13.0 Å². The molecule has 1 rings (SSSR count). The number of aromatic nitrogens is 1. The molecule has 0 amide bonds. The second kappa shape index (κ2) is 2.44. The zero-order valence-corrected chi connectivity index (χ0v) is 5.43. The Hall–Kier alpha value is -1.43. The van der Waals surface area contributed by atoms with Crippen molar-refractivity contribution in [2.75, 3.05) is 0 Å². The second-order valence-corrected chi connectivity index (χ2v) is 1.92. The molecule has 1 heterocycles. The molecule has 1 aromatic rings. The van der Waals surface area contributed by atoms with E-state index >= 15 is 0 Å². The minimum Gasteiger partial charge on any atom is -0.258 e. The van der Waals surface area contributed by atoms with Crippen molar-refractivity contribution in [3.63, 3.8) is 0 Å². The fourth-order valence-electron chi connectivity index (χ4n) is 0.629. The summed E-state index contributed by atoms with van der Waals surface area (Å²) in [4.78, 5) is 3.66. The first-order valence-corrected chi connectivity index (χ1v) is 2.76. The van der Waals surface area contributed by atoms with Gasteiger partial charge >= 0.3 is 0 Å². The molecule has 0 radical (unpaired) electrons. The Kier molecular flexibility index (Phi) is 1.63. The van der Waals surface area contributed by atoms with Gasteiger partial charge in [0.15, 0.2) is 5.82 Å². The quantitative estimate of drug-likeness (QED) is 0.540. The first-order valence-electron chi connectivity index (χ1n) is 2.76. The Morgan fingerprint density at radius 3 is 2.90 bits per heavy atom. The number of pyridine rings is 1. The summed E-state index contributed by atoms with van der Waals surface area (Å²) in [5.74, 6) is -0.562. The van der Waals surface area contributed by atoms with Crippen molar-refractivity contribution in [2.24, 2.45) is 0 Å². The normalized spacial score (nSPS) is 8.90. The molecule has 10 heavy (non-hydrogen) atoms. The highest BCUT2D eigenvalue weighted by Gasteiger charge is 1.99. The van der Waals surface area contributed by atoms with Gasteiger partial charge in [-0.15, -0.1) is 0 Å². The predicted octanol–water partition coefficient (Wildman–Crippen LogP) is 1.40. The maximum absolute atomic E-state index is 12.5. The zero-order chi connectivity index (χ0) is 7.56. The van der Waals surface area contributed by atoms with Crippen LogP contribution in [0.3, 0.4) is 0 Å². The highest BCUT2D eigenvalue weighted by atomic mass is 19.1. The Morgan fingerprint density at radius 2 is 2.40 bits per heavy atom. The molecule has 0 aliphatic carbocycles. The molecule has 0 fully saturated rings. The highest BCUT2D eigenvalue weighted by Crippen LogP contribution is 2.04. The summed E-state index contributed by atoms with van der Waals surface area (Å²) in [7, 11) is 0. The molecule has 0 aliphatic heterocycles. The van der Waals surface area contributed by atoms with Crippen LogP contribution in [0.15, 0.2) is 12.3 Å². The van der Waals surface area contributed by atoms with Crippen molar-refractivity contribution < 1.29 is 4.39 Å². The van der Waals surface area contributed by atoms with Crippen LogP contribution in [0.1, 0.15) is 11.3 Å². The fraction of sp³-hybridized carbons (Fsp3) is 0.143. The number of rotatable bonds is 0. The molecular formula is C7H5FN2. The van der Waals surface area contributed by atoms with Gasteiger partial charge in [0, 0.05) is 5.69 Å². The van der Waals surface area contributed by atoms with E-state index < -0.39 is 5.82 Å². The predicted molar refractivity (Wildman–Crippen MR) is 33.6 cm³/mol. The van der Waals surface area contributed by atoms with E-state index in [-0.39, 0.29) is 5.56 Å². The summed E-state index contributed by atoms with van der Waals surface area (Å²) in [6.45, 7) is 1.71. The van der Waals surface area contributed by atoms with Crippen molar-refractivity contribution in [1.82, 2.24) is 4.98 Å². The molecule has 0 atom stereocenters. The maximum Gasteiger partial charge on any atom is 0.159 e. The molecule has 0 bridgehead atoms. The molecular weight excluding hydrogens is 131 g/mol. The van der Waals surface area contributed by atoms with Gasteiger partial charge in [0.1, 0.15) is 6.07 Å². The van der Waals surface area contributed by atoms with Crippen LogP contribution in [-0.4, -0.2) is 4.98 Å². The van der Waals surface area contributed by atoms with Gasteiger partial charge in [-0.2, -0.15) is 5.26 Å². The number of aryl methyl sites for hydroxylation is 1. The first kappa shape index (κ1) is 6.69. The summed E-state index contributed by atoms with van der Waals surface area (Å²) in [5.41, 5.74) is 0.699. The largest absolute Gasteiger partial charge is 0.258 e. The molecule has 0 saturated carbocycles. The van der Waals surface area contributed by atoms with Gasteiger partial charge in [0.05, 0.1) is 11.8 Å². The number of nitrogens with zero attached hydrogens (tertiary/aromatic N) is 2. The number of nitriles is 1. The van der Waals surface area contributed by atoms with E-state index in [0.717, 1.165) is 6.20 Å². The van der Waals surface area contributed by atoms with Gasteiger partial charge < -0.3 is 0 Å². The average Bonchev–Trinajstić information content (AvgIpc) is 1.94. The van der Waals surface area contributed by atoms with Gasteiger partial charge in [-0.3, -0.25) is 4.98 Å². The lowest BCUT2D eigenvalue weighted by atomic mass is 10.2. The van der Waals surface area contributed by atoms with Crippen LogP contribution in [0.2, 0.25) is 0 Å². The molecule has 0 aromatic carbocycles. The minimum atomic E-state index is -0.562. The summed E-state index contributed by atoms with van der Waals surface area (Å²) in [6, 6.07) is 3.13. The number of hydrogen-bond donors (Lipinski definition) is 0. The SMILES string of the molecule is Cc1cc(C#N)c(F)cn1. The van der Waals surface area contributed by atoms with E-state index in [1.807, 2.05) is 0 Å². The lowest BCUT2D eigenvalue weighted by Crippen LogP contribution is -1.87. The van der Waals surface area contributed by atoms with Crippen LogP contribution in [-0.2, 0) is 0 Å². The molecule has 0 spiro atoms. The third-order valence-electron chi connectivity index (χ3n) is 1.11. The Bertz CT molecular complexity index is 288. The van der Waals surface area contributed by atoms with E-state index in [1.54, 1.807) is 13.0 Å². The summed E-state index contributed by atoms with van der Waals surface area (Å²) < 4.78 is 12.5. The van der Waals surface area contributed by atoms with Gasteiger partial charge in [0.2, 0.25) is 0 Å². The fourth-order valence-corrected chi connectivity index (χ4v) is 0.629. The second-order valence-electron chi connectivity index (χ2n) is 1.92. The average molecular weight is 136 g/mol. The molecule has 3 heteroatoms. The maximum atomic E-state index is 12.5. The van der Waals surface area contributed by atoms with Crippen molar-refractivity contribution in [1.29, 1.82) is 5.26 Å². The monoisotopic (exact) mass is 136 g/mol. The van der Waals surface area contributed by atoms with E-state index in [4.69, 9.17) is 5.26 Å². The minimum absolute atomic E-state index is 0.0486. The molecule has 50 valence electrons. The van der Waals surface area contributed by atoms with Crippen LogP contribution < -0.4 is 0 Å². The Morgan fingerprint density at radius 1 is 1.70 bits per heavy atom. The lowest BCUT2D eigenvalue weighted by Gasteiger charge is -1.92. The van der Waals surface area contributed by atoms with Gasteiger partial charge in [-0.25, -0.2) is 4.39 Å². The molecule has 2 nitrogen and oxygen atoms in total. The molecule has 0 N–H and O–H groups in total. The van der Waals surface area contributed by atoms with Crippen LogP contribution in [0, 0.1) is 24.1 Å². The van der Waals surface area contributed by atoms with Crippen LogP contribution in [0.4, 0.5) is 4.39 Å². The molecule has 0 unspecified atom stereocenters. The summed E-state index contributed by atoms with van der Waals surface area (Å²) in [5, 5.41) is 8.33. The number of halogens is 1. The summed E-state index contributed by atoms with van der Waals surface area (Å²) >= 11 is 0. The van der Waals surface area contributed by atoms with Gasteiger partial charge in [-0.1, -0.05) is 0 Å². The molecule has 0 saturated heterocycles. The Labute approximate surface area is 57.9 Å². The third kappa shape index (κ3) is 1.11. The molecule has 1 aromatic heterocycles. The lowest BCUT2D eigenvalue weighted by molar-refractivity contribution is 0.616. The van der Waals surface area contributed by atoms with Crippen LogP contribution in [0.25, 0.3) is 0 Å². The topological polar surface area (TPSA) is 36.7 Å². The van der Waals surface area contributed by atoms with Crippen molar-refractivity contribution in [2.45, 2.75) is 6.92 Å². The van der Waals surface area contributed by atoms with Crippen molar-refractivity contribution in [3.05, 3.63) is 29.3 Å². The smallest absolute Gasteiger partial charge is 0.159 e. The Balaban J connectivity index is 3.25. The first-order chi connectivity index (χ1) is 4.74.